The largest absolute Gasteiger partial charge is 0.490 e. The number of thioether (sulfide) groups is 1. The summed E-state index contributed by atoms with van der Waals surface area (Å²) in [4.78, 5) is 16.3. The van der Waals surface area contributed by atoms with Crippen molar-refractivity contribution in [2.75, 3.05) is 6.61 Å². The van der Waals surface area contributed by atoms with E-state index >= 15 is 0 Å². The van der Waals surface area contributed by atoms with Crippen LogP contribution in [0.5, 0.6) is 11.5 Å². The van der Waals surface area contributed by atoms with Crippen LogP contribution in [0, 0.1) is 20.8 Å². The highest BCUT2D eigenvalue weighted by Gasteiger charge is 2.15. The first-order chi connectivity index (χ1) is 16.3. The topological polar surface area (TPSA) is 97.3 Å². The highest BCUT2D eigenvalue weighted by molar-refractivity contribution is 8.04. The number of aromatic nitrogens is 3. The molecular formula is C26H31N3O4S. The Hall–Kier alpha value is -3.26. The summed E-state index contributed by atoms with van der Waals surface area (Å²) in [7, 11) is 0. The summed E-state index contributed by atoms with van der Waals surface area (Å²) in [5, 5.41) is 17.0. The van der Waals surface area contributed by atoms with Crippen molar-refractivity contribution < 1.29 is 19.4 Å². The number of carbonyl (C=O) groups is 1. The molecule has 1 aromatic heterocycles. The van der Waals surface area contributed by atoms with Crippen molar-refractivity contribution >= 4 is 23.8 Å². The molecule has 0 saturated carbocycles. The minimum atomic E-state index is -1.05. The number of hydrogen-bond donors (Lipinski definition) is 2. The lowest BCUT2D eigenvalue weighted by Gasteiger charge is -2.16. The SMILES string of the molecule is CCCc1nc(S/C(=C\c2ccc(OCc3c(C)cc(C)cc3C)c(OCC)c2)C(=O)O)n[nH]1. The van der Waals surface area contributed by atoms with Gasteiger partial charge in [-0.05, 0) is 86.3 Å². The molecule has 0 aliphatic heterocycles. The third-order valence-electron chi connectivity index (χ3n) is 5.19. The van der Waals surface area contributed by atoms with Crippen molar-refractivity contribution in [1.82, 2.24) is 15.2 Å². The summed E-state index contributed by atoms with van der Waals surface area (Å²) >= 11 is 1.01. The second kappa shape index (κ2) is 11.7. The molecule has 8 heteroatoms. The Morgan fingerprint density at radius 3 is 2.47 bits per heavy atom. The number of hydrogen-bond acceptors (Lipinski definition) is 6. The number of nitrogens with zero attached hydrogens (tertiary/aromatic N) is 2. The van der Waals surface area contributed by atoms with E-state index in [1.807, 2.05) is 26.0 Å². The van der Waals surface area contributed by atoms with Gasteiger partial charge >= 0.3 is 5.97 Å². The molecule has 0 unspecified atom stereocenters. The van der Waals surface area contributed by atoms with Crippen LogP contribution >= 0.6 is 11.8 Å². The van der Waals surface area contributed by atoms with Gasteiger partial charge in [-0.1, -0.05) is 30.7 Å². The van der Waals surface area contributed by atoms with Crippen molar-refractivity contribution in [3.8, 4) is 11.5 Å². The maximum absolute atomic E-state index is 11.9. The van der Waals surface area contributed by atoms with Crippen LogP contribution in [0.25, 0.3) is 6.08 Å². The van der Waals surface area contributed by atoms with Gasteiger partial charge in [0.25, 0.3) is 0 Å². The van der Waals surface area contributed by atoms with E-state index < -0.39 is 5.97 Å². The van der Waals surface area contributed by atoms with Gasteiger partial charge in [0.05, 0.1) is 6.61 Å². The van der Waals surface area contributed by atoms with Gasteiger partial charge in [-0.15, -0.1) is 5.10 Å². The lowest BCUT2D eigenvalue weighted by atomic mass is 10.0. The summed E-state index contributed by atoms with van der Waals surface area (Å²) in [5.41, 5.74) is 5.44. The number of carboxylic acids is 1. The zero-order valence-corrected chi connectivity index (χ0v) is 21.1. The molecule has 3 rings (SSSR count). The molecule has 0 aliphatic rings. The van der Waals surface area contributed by atoms with E-state index in [4.69, 9.17) is 9.47 Å². The van der Waals surface area contributed by atoms with Crippen LogP contribution in [0.4, 0.5) is 0 Å². The number of H-pyrrole nitrogens is 1. The van der Waals surface area contributed by atoms with E-state index in [-0.39, 0.29) is 4.91 Å². The lowest BCUT2D eigenvalue weighted by Crippen LogP contribution is -2.03. The highest BCUT2D eigenvalue weighted by atomic mass is 32.2. The predicted octanol–water partition coefficient (Wildman–Crippen LogP) is 5.88. The van der Waals surface area contributed by atoms with Crippen molar-refractivity contribution in [3.63, 3.8) is 0 Å². The summed E-state index contributed by atoms with van der Waals surface area (Å²) in [5.74, 6) is 0.877. The van der Waals surface area contributed by atoms with Gasteiger partial charge in [0, 0.05) is 6.42 Å². The Morgan fingerprint density at radius 2 is 1.82 bits per heavy atom. The van der Waals surface area contributed by atoms with Crippen LogP contribution in [-0.4, -0.2) is 32.9 Å². The van der Waals surface area contributed by atoms with E-state index in [0.29, 0.717) is 35.4 Å². The second-order valence-electron chi connectivity index (χ2n) is 8.04. The molecule has 0 amide bonds. The van der Waals surface area contributed by atoms with E-state index in [9.17, 15) is 9.90 Å². The fourth-order valence-electron chi connectivity index (χ4n) is 3.65. The van der Waals surface area contributed by atoms with Gasteiger partial charge in [-0.3, -0.25) is 5.10 Å². The van der Waals surface area contributed by atoms with Crippen molar-refractivity contribution in [1.29, 1.82) is 0 Å². The fraction of sp³-hybridized carbons (Fsp3) is 0.346. The maximum atomic E-state index is 11.9. The van der Waals surface area contributed by atoms with Crippen molar-refractivity contribution in [2.24, 2.45) is 0 Å². The third-order valence-corrected chi connectivity index (χ3v) is 6.07. The van der Waals surface area contributed by atoms with Gasteiger partial charge in [0.1, 0.15) is 17.3 Å². The van der Waals surface area contributed by atoms with E-state index in [1.165, 1.54) is 16.7 Å². The number of ether oxygens (including phenoxy) is 2. The molecule has 0 saturated heterocycles. The summed E-state index contributed by atoms with van der Waals surface area (Å²) < 4.78 is 11.9. The lowest BCUT2D eigenvalue weighted by molar-refractivity contribution is -0.131. The maximum Gasteiger partial charge on any atom is 0.342 e. The normalized spacial score (nSPS) is 11.5. The predicted molar refractivity (Wildman–Crippen MR) is 134 cm³/mol. The molecule has 7 nitrogen and oxygen atoms in total. The van der Waals surface area contributed by atoms with Crippen molar-refractivity contribution in [2.45, 2.75) is 59.2 Å². The molecule has 0 spiro atoms. The zero-order chi connectivity index (χ0) is 24.7. The number of rotatable bonds is 11. The van der Waals surface area contributed by atoms with Crippen LogP contribution in [0.15, 0.2) is 40.4 Å². The van der Waals surface area contributed by atoms with Crippen LogP contribution in [-0.2, 0) is 17.8 Å². The molecule has 0 bridgehead atoms. The molecule has 0 aliphatic carbocycles. The van der Waals surface area contributed by atoms with E-state index in [2.05, 4.69) is 48.1 Å². The summed E-state index contributed by atoms with van der Waals surface area (Å²) in [6, 6.07) is 9.71. The molecule has 1 heterocycles. The van der Waals surface area contributed by atoms with Crippen LogP contribution in [0.1, 0.15) is 53.9 Å². The van der Waals surface area contributed by atoms with Crippen LogP contribution in [0.2, 0.25) is 0 Å². The van der Waals surface area contributed by atoms with Gasteiger partial charge < -0.3 is 14.6 Å². The van der Waals surface area contributed by atoms with Crippen LogP contribution in [0.3, 0.4) is 0 Å². The van der Waals surface area contributed by atoms with Gasteiger partial charge in [0.15, 0.2) is 11.5 Å². The Labute approximate surface area is 204 Å². The summed E-state index contributed by atoms with van der Waals surface area (Å²) in [6.07, 6.45) is 3.28. The minimum Gasteiger partial charge on any atom is -0.490 e. The van der Waals surface area contributed by atoms with Gasteiger partial charge in [-0.2, -0.15) is 0 Å². The Balaban J connectivity index is 1.82. The van der Waals surface area contributed by atoms with Gasteiger partial charge in [0.2, 0.25) is 5.16 Å². The summed E-state index contributed by atoms with van der Waals surface area (Å²) in [6.45, 7) is 11.1. The first kappa shape index (κ1) is 25.4. The Kier molecular flexibility index (Phi) is 8.76. The molecule has 2 N–H and O–H groups in total. The number of aryl methyl sites for hydroxylation is 4. The van der Waals surface area contributed by atoms with Gasteiger partial charge in [-0.25, -0.2) is 9.78 Å². The Bertz CT molecular complexity index is 1160. The van der Waals surface area contributed by atoms with Crippen LogP contribution < -0.4 is 9.47 Å². The van der Waals surface area contributed by atoms with E-state index in [0.717, 1.165) is 36.0 Å². The number of aromatic amines is 1. The average molecular weight is 482 g/mol. The molecule has 34 heavy (non-hydrogen) atoms. The molecule has 0 atom stereocenters. The highest BCUT2D eigenvalue weighted by Crippen LogP contribution is 2.33. The fourth-order valence-corrected chi connectivity index (χ4v) is 4.37. The smallest absolute Gasteiger partial charge is 0.342 e. The first-order valence-electron chi connectivity index (χ1n) is 11.3. The molecular weight excluding hydrogens is 450 g/mol. The quantitative estimate of drug-likeness (QED) is 0.261. The molecule has 0 radical (unpaired) electrons. The standard InChI is InChI=1S/C26H31N3O4S/c1-6-8-24-27-26(29-28-24)34-23(25(30)31)14-19-9-10-21(22(13-19)32-7-2)33-15-20-17(4)11-16(3)12-18(20)5/h9-14H,6-8,15H2,1-5H3,(H,30,31)(H,27,28,29)/b23-14-. The average Bonchev–Trinajstić information content (AvgIpc) is 3.21. The number of carboxylic acid groups (broad SMARTS) is 1. The number of nitrogens with one attached hydrogen (secondary N) is 1. The molecule has 2 aromatic carbocycles. The zero-order valence-electron chi connectivity index (χ0n) is 20.3. The third kappa shape index (κ3) is 6.63. The number of aliphatic carboxylic acids is 1. The molecule has 3 aromatic rings. The Morgan fingerprint density at radius 1 is 1.09 bits per heavy atom. The first-order valence-corrected chi connectivity index (χ1v) is 12.1. The van der Waals surface area contributed by atoms with E-state index in [1.54, 1.807) is 12.1 Å². The number of benzene rings is 2. The molecule has 180 valence electrons. The second-order valence-corrected chi connectivity index (χ2v) is 9.04. The monoisotopic (exact) mass is 481 g/mol. The molecule has 0 fully saturated rings. The minimum absolute atomic E-state index is 0.115. The van der Waals surface area contributed by atoms with Crippen molar-refractivity contribution in [3.05, 3.63) is 68.9 Å².